The van der Waals surface area contributed by atoms with Crippen molar-refractivity contribution in [3.63, 3.8) is 0 Å². The highest BCUT2D eigenvalue weighted by atomic mass is 19.1. The highest BCUT2D eigenvalue weighted by Gasteiger charge is 2.25. The number of benzene rings is 2. The number of nitrogens with one attached hydrogen (secondary N) is 3. The lowest BCUT2D eigenvalue weighted by molar-refractivity contribution is -0.119. The monoisotopic (exact) mass is 371 g/mol. The number of hydrogen-bond donors (Lipinski definition) is 3. The maximum atomic E-state index is 13.0. The molecule has 0 aromatic heterocycles. The summed E-state index contributed by atoms with van der Waals surface area (Å²) in [5, 5.41) is 8.05. The second-order valence-corrected chi connectivity index (χ2v) is 6.45. The van der Waals surface area contributed by atoms with Gasteiger partial charge < -0.3 is 16.0 Å². The molecule has 0 radical (unpaired) electrons. The molecule has 3 N–H and O–H groups in total. The summed E-state index contributed by atoms with van der Waals surface area (Å²) in [4.78, 5) is 36.1. The van der Waals surface area contributed by atoms with Crippen molar-refractivity contribution in [2.75, 3.05) is 10.6 Å². The molecule has 0 aliphatic rings. The summed E-state index contributed by atoms with van der Waals surface area (Å²) >= 11 is 0. The van der Waals surface area contributed by atoms with Crippen LogP contribution in [0.25, 0.3) is 0 Å². The first-order chi connectivity index (χ1) is 12.8. The van der Waals surface area contributed by atoms with Crippen LogP contribution < -0.4 is 16.0 Å². The highest BCUT2D eigenvalue weighted by molar-refractivity contribution is 6.01. The van der Waals surface area contributed by atoms with Gasteiger partial charge >= 0.3 is 0 Å². The molecule has 2 rings (SSSR count). The van der Waals surface area contributed by atoms with Gasteiger partial charge in [0.05, 0.1) is 0 Å². The van der Waals surface area contributed by atoms with E-state index in [2.05, 4.69) is 16.0 Å². The molecule has 0 unspecified atom stereocenters. The van der Waals surface area contributed by atoms with Crippen molar-refractivity contribution in [1.29, 1.82) is 0 Å². The normalized spacial score (nSPS) is 11.6. The minimum atomic E-state index is -0.785. The van der Waals surface area contributed by atoms with E-state index >= 15 is 0 Å². The molecule has 1 atom stereocenters. The summed E-state index contributed by atoms with van der Waals surface area (Å²) in [6, 6.07) is 11.0. The fourth-order valence-corrected chi connectivity index (χ4v) is 2.46. The third kappa shape index (κ3) is 5.91. The number of carbonyl (C=O) groups is 3. The lowest BCUT2D eigenvalue weighted by Crippen LogP contribution is -2.47. The number of anilines is 2. The lowest BCUT2D eigenvalue weighted by Gasteiger charge is -2.22. The molecule has 2 aromatic rings. The molecule has 0 bridgehead atoms. The molecular weight excluding hydrogens is 349 g/mol. The Morgan fingerprint density at radius 1 is 0.926 bits per heavy atom. The first-order valence-corrected chi connectivity index (χ1v) is 8.51. The molecule has 3 amide bonds. The van der Waals surface area contributed by atoms with Crippen molar-refractivity contribution in [1.82, 2.24) is 5.32 Å². The molecule has 0 saturated carbocycles. The molecule has 0 saturated heterocycles. The van der Waals surface area contributed by atoms with Crippen LogP contribution in [-0.2, 0) is 9.59 Å². The average Bonchev–Trinajstić information content (AvgIpc) is 2.59. The molecule has 7 heteroatoms. The number of rotatable bonds is 6. The van der Waals surface area contributed by atoms with Gasteiger partial charge in [-0.05, 0) is 48.4 Å². The van der Waals surface area contributed by atoms with E-state index in [1.807, 2.05) is 13.8 Å². The Kier molecular flexibility index (Phi) is 6.65. The Hall–Kier alpha value is -3.22. The maximum absolute atomic E-state index is 13.0. The molecule has 0 heterocycles. The molecule has 142 valence electrons. The minimum Gasteiger partial charge on any atom is -0.340 e. The van der Waals surface area contributed by atoms with Gasteiger partial charge in [0.15, 0.2) is 0 Å². The summed E-state index contributed by atoms with van der Waals surface area (Å²) in [6.07, 6.45) is 0. The number of amides is 3. The fourth-order valence-electron chi connectivity index (χ4n) is 2.46. The topological polar surface area (TPSA) is 87.3 Å². The SMILES string of the molecule is CC(=O)Nc1cccc(NC(=O)[C@@H](NC(=O)c2ccc(F)cc2)C(C)C)c1. The van der Waals surface area contributed by atoms with E-state index in [4.69, 9.17) is 0 Å². The first-order valence-electron chi connectivity index (χ1n) is 8.51. The van der Waals surface area contributed by atoms with Crippen molar-refractivity contribution in [3.05, 3.63) is 59.9 Å². The van der Waals surface area contributed by atoms with Crippen LogP contribution in [0.15, 0.2) is 48.5 Å². The van der Waals surface area contributed by atoms with Gasteiger partial charge in [-0.2, -0.15) is 0 Å². The zero-order valence-corrected chi connectivity index (χ0v) is 15.4. The van der Waals surface area contributed by atoms with Crippen molar-refractivity contribution < 1.29 is 18.8 Å². The Morgan fingerprint density at radius 2 is 1.52 bits per heavy atom. The van der Waals surface area contributed by atoms with Crippen LogP contribution in [0.2, 0.25) is 0 Å². The summed E-state index contributed by atoms with van der Waals surface area (Å²) in [5.41, 5.74) is 1.31. The van der Waals surface area contributed by atoms with Crippen LogP contribution in [0.5, 0.6) is 0 Å². The summed E-state index contributed by atoms with van der Waals surface area (Å²) in [5.74, 6) is -1.68. The van der Waals surface area contributed by atoms with Crippen LogP contribution in [0, 0.1) is 11.7 Å². The van der Waals surface area contributed by atoms with Gasteiger partial charge in [0.1, 0.15) is 11.9 Å². The van der Waals surface area contributed by atoms with E-state index in [0.717, 1.165) is 0 Å². The van der Waals surface area contributed by atoms with Crippen LogP contribution in [0.3, 0.4) is 0 Å². The average molecular weight is 371 g/mol. The zero-order chi connectivity index (χ0) is 20.0. The standard InChI is InChI=1S/C20H22FN3O3/c1-12(2)18(24-19(26)14-7-9-15(21)10-8-14)20(27)23-17-6-4-5-16(11-17)22-13(3)25/h4-12,18H,1-3H3,(H,22,25)(H,23,27)(H,24,26)/t18-/m0/s1. The predicted molar refractivity (Wildman–Crippen MR) is 102 cm³/mol. The van der Waals surface area contributed by atoms with Crippen LogP contribution in [-0.4, -0.2) is 23.8 Å². The molecule has 0 fully saturated rings. The minimum absolute atomic E-state index is 0.173. The van der Waals surface area contributed by atoms with E-state index in [0.29, 0.717) is 11.4 Å². The van der Waals surface area contributed by atoms with E-state index < -0.39 is 17.8 Å². The summed E-state index contributed by atoms with van der Waals surface area (Å²) < 4.78 is 13.0. The number of halogens is 1. The molecule has 2 aromatic carbocycles. The Balaban J connectivity index is 2.09. The third-order valence-electron chi connectivity index (χ3n) is 3.79. The van der Waals surface area contributed by atoms with Gasteiger partial charge in [0.2, 0.25) is 11.8 Å². The van der Waals surface area contributed by atoms with Gasteiger partial charge in [0, 0.05) is 23.9 Å². The summed E-state index contributed by atoms with van der Waals surface area (Å²) in [6.45, 7) is 5.01. The Morgan fingerprint density at radius 3 is 2.07 bits per heavy atom. The zero-order valence-electron chi connectivity index (χ0n) is 15.4. The molecule has 0 aliphatic heterocycles. The second-order valence-electron chi connectivity index (χ2n) is 6.45. The Bertz CT molecular complexity index is 835. The first kappa shape index (κ1) is 20.1. The largest absolute Gasteiger partial charge is 0.340 e. The van der Waals surface area contributed by atoms with Gasteiger partial charge in [-0.15, -0.1) is 0 Å². The lowest BCUT2D eigenvalue weighted by atomic mass is 10.0. The number of hydrogen-bond acceptors (Lipinski definition) is 3. The van der Waals surface area contributed by atoms with Gasteiger partial charge in [0.25, 0.3) is 5.91 Å². The van der Waals surface area contributed by atoms with Crippen molar-refractivity contribution >= 4 is 29.1 Å². The summed E-state index contributed by atoms with van der Waals surface area (Å²) in [7, 11) is 0. The highest BCUT2D eigenvalue weighted by Crippen LogP contribution is 2.16. The third-order valence-corrected chi connectivity index (χ3v) is 3.79. The molecular formula is C20H22FN3O3. The molecule has 0 spiro atoms. The van der Waals surface area contributed by atoms with Crippen molar-refractivity contribution in [2.24, 2.45) is 5.92 Å². The van der Waals surface area contributed by atoms with Crippen LogP contribution >= 0.6 is 0 Å². The van der Waals surface area contributed by atoms with Crippen LogP contribution in [0.1, 0.15) is 31.1 Å². The second kappa shape index (κ2) is 8.93. The van der Waals surface area contributed by atoms with Crippen molar-refractivity contribution in [3.8, 4) is 0 Å². The quantitative estimate of drug-likeness (QED) is 0.729. The molecule has 0 aliphatic carbocycles. The van der Waals surface area contributed by atoms with E-state index in [1.165, 1.54) is 31.2 Å². The van der Waals surface area contributed by atoms with E-state index in [1.54, 1.807) is 24.3 Å². The fraction of sp³-hybridized carbons (Fsp3) is 0.250. The van der Waals surface area contributed by atoms with Crippen LogP contribution in [0.4, 0.5) is 15.8 Å². The predicted octanol–water partition coefficient (Wildman–Crippen LogP) is 3.18. The van der Waals surface area contributed by atoms with Gasteiger partial charge in [-0.3, -0.25) is 14.4 Å². The van der Waals surface area contributed by atoms with Gasteiger partial charge in [-0.25, -0.2) is 4.39 Å². The maximum Gasteiger partial charge on any atom is 0.251 e. The van der Waals surface area contributed by atoms with E-state index in [-0.39, 0.29) is 23.3 Å². The smallest absolute Gasteiger partial charge is 0.251 e. The van der Waals surface area contributed by atoms with Gasteiger partial charge in [-0.1, -0.05) is 19.9 Å². The molecule has 27 heavy (non-hydrogen) atoms. The molecule has 6 nitrogen and oxygen atoms in total. The van der Waals surface area contributed by atoms with E-state index in [9.17, 15) is 18.8 Å². The Labute approximate surface area is 157 Å². The van der Waals surface area contributed by atoms with Crippen molar-refractivity contribution in [2.45, 2.75) is 26.8 Å². The number of carbonyl (C=O) groups excluding carboxylic acids is 3.